The Hall–Kier alpha value is -1.11. The lowest BCUT2D eigenvalue weighted by Crippen LogP contribution is -2.30. The van der Waals surface area contributed by atoms with E-state index in [0.717, 1.165) is 13.0 Å². The van der Waals surface area contributed by atoms with E-state index in [-0.39, 0.29) is 11.9 Å². The van der Waals surface area contributed by atoms with Crippen LogP contribution in [0.1, 0.15) is 32.0 Å². The Labute approximate surface area is 91.2 Å². The Morgan fingerprint density at radius 1 is 1.38 bits per heavy atom. The van der Waals surface area contributed by atoms with Crippen LogP contribution in [0.25, 0.3) is 0 Å². The van der Waals surface area contributed by atoms with Gasteiger partial charge in [0.15, 0.2) is 0 Å². The monoisotopic (exact) mass is 237 g/mol. The molecule has 0 radical (unpaired) electrons. The van der Waals surface area contributed by atoms with Gasteiger partial charge in [0.25, 0.3) is 5.82 Å². The summed E-state index contributed by atoms with van der Waals surface area (Å²) in [5.74, 6) is -1.20. The maximum atomic E-state index is 12.2. The zero-order valence-electron chi connectivity index (χ0n) is 9.14. The molecule has 4 nitrogen and oxygen atoms in total. The lowest BCUT2D eigenvalue weighted by atomic mass is 10.1. The van der Waals surface area contributed by atoms with Gasteiger partial charge < -0.3 is 9.84 Å². The molecule has 0 spiro atoms. The topological polar surface area (TPSA) is 51.0 Å². The summed E-state index contributed by atoms with van der Waals surface area (Å²) in [5, 5.41) is 6.02. The zero-order chi connectivity index (χ0) is 12.2. The van der Waals surface area contributed by atoms with E-state index in [1.165, 1.54) is 0 Å². The molecular weight excluding hydrogens is 223 g/mol. The number of aromatic nitrogens is 2. The maximum absolute atomic E-state index is 12.2. The number of nitrogens with zero attached hydrogens (tertiary/aromatic N) is 2. The Morgan fingerprint density at radius 3 is 2.50 bits per heavy atom. The molecule has 0 aromatic carbocycles. The predicted molar refractivity (Wildman–Crippen MR) is 50.8 cm³/mol. The van der Waals surface area contributed by atoms with E-state index in [9.17, 15) is 13.2 Å². The first-order valence-electron chi connectivity index (χ1n) is 5.10. The highest BCUT2D eigenvalue weighted by molar-refractivity contribution is 4.92. The standard InChI is InChI=1S/C9H14F3N3O/c1-3-6(13-4-2)5-7-14-8(15-16-7)9(10,11)12/h6,13H,3-5H2,1-2H3. The van der Waals surface area contributed by atoms with Crippen LogP contribution in [-0.2, 0) is 12.6 Å². The zero-order valence-corrected chi connectivity index (χ0v) is 9.14. The molecule has 0 aliphatic heterocycles. The molecule has 1 aromatic rings. The number of halogens is 3. The van der Waals surface area contributed by atoms with E-state index >= 15 is 0 Å². The van der Waals surface area contributed by atoms with Gasteiger partial charge in [0.05, 0.1) is 0 Å². The first-order chi connectivity index (χ1) is 7.47. The molecule has 0 saturated heterocycles. The van der Waals surface area contributed by atoms with Crippen LogP contribution >= 0.6 is 0 Å². The molecule has 0 saturated carbocycles. The van der Waals surface area contributed by atoms with Gasteiger partial charge in [-0.25, -0.2) is 0 Å². The number of rotatable bonds is 5. The smallest absolute Gasteiger partial charge is 0.339 e. The van der Waals surface area contributed by atoms with Gasteiger partial charge in [-0.05, 0) is 13.0 Å². The number of hydrogen-bond acceptors (Lipinski definition) is 4. The predicted octanol–water partition coefficient (Wildman–Crippen LogP) is 2.02. The Bertz CT molecular complexity index is 324. The van der Waals surface area contributed by atoms with Gasteiger partial charge in [-0.2, -0.15) is 18.2 Å². The van der Waals surface area contributed by atoms with Crippen LogP contribution in [0, 0.1) is 0 Å². The molecule has 1 rings (SSSR count). The average molecular weight is 237 g/mol. The van der Waals surface area contributed by atoms with E-state index < -0.39 is 12.0 Å². The summed E-state index contributed by atoms with van der Waals surface area (Å²) in [4.78, 5) is 3.31. The molecule has 0 aliphatic rings. The van der Waals surface area contributed by atoms with Crippen LogP contribution in [0.2, 0.25) is 0 Å². The van der Waals surface area contributed by atoms with E-state index in [2.05, 4.69) is 20.0 Å². The Balaban J connectivity index is 2.64. The third-order valence-corrected chi connectivity index (χ3v) is 2.13. The van der Waals surface area contributed by atoms with Crippen molar-refractivity contribution in [2.75, 3.05) is 6.54 Å². The molecule has 1 unspecified atom stereocenters. The summed E-state index contributed by atoms with van der Waals surface area (Å²) in [6.45, 7) is 4.62. The number of likely N-dealkylation sites (N-methyl/N-ethyl adjacent to an activating group) is 1. The second kappa shape index (κ2) is 5.29. The molecule has 0 fully saturated rings. The van der Waals surface area contributed by atoms with Gasteiger partial charge >= 0.3 is 6.18 Å². The highest BCUT2D eigenvalue weighted by atomic mass is 19.4. The molecule has 1 aromatic heterocycles. The van der Waals surface area contributed by atoms with Crippen molar-refractivity contribution in [3.05, 3.63) is 11.7 Å². The minimum absolute atomic E-state index is 0.0140. The normalized spacial score (nSPS) is 14.1. The third kappa shape index (κ3) is 3.48. The van der Waals surface area contributed by atoms with E-state index in [4.69, 9.17) is 0 Å². The summed E-state index contributed by atoms with van der Waals surface area (Å²) >= 11 is 0. The number of alkyl halides is 3. The van der Waals surface area contributed by atoms with Crippen molar-refractivity contribution in [1.82, 2.24) is 15.5 Å². The highest BCUT2D eigenvalue weighted by Crippen LogP contribution is 2.26. The summed E-state index contributed by atoms with van der Waals surface area (Å²) < 4.78 is 41.1. The first kappa shape index (κ1) is 13.0. The first-order valence-corrected chi connectivity index (χ1v) is 5.10. The van der Waals surface area contributed by atoms with Crippen molar-refractivity contribution in [2.24, 2.45) is 0 Å². The SMILES string of the molecule is CCNC(CC)Cc1nc(C(F)(F)F)no1. The van der Waals surface area contributed by atoms with Gasteiger partial charge in [-0.1, -0.05) is 19.0 Å². The third-order valence-electron chi connectivity index (χ3n) is 2.13. The quantitative estimate of drug-likeness (QED) is 0.851. The Kier molecular flexibility index (Phi) is 4.28. The number of nitrogens with one attached hydrogen (secondary N) is 1. The fourth-order valence-corrected chi connectivity index (χ4v) is 1.31. The van der Waals surface area contributed by atoms with Gasteiger partial charge in [0.1, 0.15) is 0 Å². The second-order valence-electron chi connectivity index (χ2n) is 3.38. The van der Waals surface area contributed by atoms with Crippen molar-refractivity contribution in [3.63, 3.8) is 0 Å². The molecule has 0 amide bonds. The molecule has 1 atom stereocenters. The summed E-state index contributed by atoms with van der Waals surface area (Å²) in [6, 6.07) is 0.0616. The average Bonchev–Trinajstić information content (AvgIpc) is 2.65. The van der Waals surface area contributed by atoms with Crippen LogP contribution in [0.3, 0.4) is 0 Å². The summed E-state index contributed by atoms with van der Waals surface area (Å²) in [5.41, 5.74) is 0. The molecule has 1 heterocycles. The van der Waals surface area contributed by atoms with E-state index in [0.29, 0.717) is 6.42 Å². The lowest BCUT2D eigenvalue weighted by molar-refractivity contribution is -0.146. The maximum Gasteiger partial charge on any atom is 0.455 e. The molecule has 16 heavy (non-hydrogen) atoms. The van der Waals surface area contributed by atoms with Gasteiger partial charge in [-0.3, -0.25) is 0 Å². The lowest BCUT2D eigenvalue weighted by Gasteiger charge is -2.12. The Morgan fingerprint density at radius 2 is 2.06 bits per heavy atom. The minimum Gasteiger partial charge on any atom is -0.339 e. The molecule has 0 aliphatic carbocycles. The van der Waals surface area contributed by atoms with Gasteiger partial charge in [0, 0.05) is 12.5 Å². The fraction of sp³-hybridized carbons (Fsp3) is 0.778. The molecular formula is C9H14F3N3O. The summed E-state index contributed by atoms with van der Waals surface area (Å²) in [6.07, 6.45) is -3.44. The van der Waals surface area contributed by atoms with Crippen molar-refractivity contribution in [2.45, 2.75) is 38.9 Å². The highest BCUT2D eigenvalue weighted by Gasteiger charge is 2.37. The summed E-state index contributed by atoms with van der Waals surface area (Å²) in [7, 11) is 0. The van der Waals surface area contributed by atoms with Crippen LogP contribution in [0.15, 0.2) is 4.52 Å². The molecule has 92 valence electrons. The second-order valence-corrected chi connectivity index (χ2v) is 3.38. The molecule has 1 N–H and O–H groups in total. The van der Waals surface area contributed by atoms with Crippen LogP contribution < -0.4 is 5.32 Å². The van der Waals surface area contributed by atoms with Crippen molar-refractivity contribution in [1.29, 1.82) is 0 Å². The van der Waals surface area contributed by atoms with E-state index in [1.807, 2.05) is 13.8 Å². The largest absolute Gasteiger partial charge is 0.455 e. The van der Waals surface area contributed by atoms with Gasteiger partial charge in [0.2, 0.25) is 5.89 Å². The van der Waals surface area contributed by atoms with Crippen molar-refractivity contribution >= 4 is 0 Å². The minimum atomic E-state index is -4.54. The van der Waals surface area contributed by atoms with Crippen molar-refractivity contribution < 1.29 is 17.7 Å². The van der Waals surface area contributed by atoms with Crippen LogP contribution in [-0.4, -0.2) is 22.7 Å². The molecule has 7 heteroatoms. The number of hydrogen-bond donors (Lipinski definition) is 1. The van der Waals surface area contributed by atoms with E-state index in [1.54, 1.807) is 0 Å². The van der Waals surface area contributed by atoms with Crippen molar-refractivity contribution in [3.8, 4) is 0 Å². The van der Waals surface area contributed by atoms with Crippen LogP contribution in [0.4, 0.5) is 13.2 Å². The fourth-order valence-electron chi connectivity index (χ4n) is 1.31. The van der Waals surface area contributed by atoms with Gasteiger partial charge in [-0.15, -0.1) is 0 Å². The molecule has 0 bridgehead atoms. The van der Waals surface area contributed by atoms with Crippen LogP contribution in [0.5, 0.6) is 0 Å².